The third-order valence-corrected chi connectivity index (χ3v) is 5.82. The van der Waals surface area contributed by atoms with Crippen molar-refractivity contribution in [2.45, 2.75) is 19.1 Å². The Balaban J connectivity index is 1.74. The highest BCUT2D eigenvalue weighted by Gasteiger charge is 2.16. The van der Waals surface area contributed by atoms with Gasteiger partial charge >= 0.3 is 0 Å². The van der Waals surface area contributed by atoms with E-state index in [1.54, 1.807) is 7.11 Å². The third kappa shape index (κ3) is 3.64. The van der Waals surface area contributed by atoms with Crippen molar-refractivity contribution in [1.82, 2.24) is 4.57 Å². The molecule has 1 aromatic heterocycles. The monoisotopic (exact) mass is 487 g/mol. The Morgan fingerprint density at radius 2 is 1.52 bits per heavy atom. The lowest BCUT2D eigenvalue weighted by atomic mass is 10.1. The van der Waals surface area contributed by atoms with Crippen molar-refractivity contribution in [1.29, 1.82) is 0 Å². The molecule has 0 radical (unpaired) electrons. The first kappa shape index (κ1) is 18.5. The highest BCUT2D eigenvalue weighted by molar-refractivity contribution is 9.10. The standard InChI is InChI=1S/C22H19Br2NO2/c1-27-22-5-3-2-4-14(22)10-17(26)13-25-20-8-6-15(23)11-18(20)19-12-16(24)7-9-21(19)25/h2-9,11-12,17,26H,10,13H2,1H3. The zero-order valence-electron chi connectivity index (χ0n) is 14.8. The molecule has 4 aromatic rings. The summed E-state index contributed by atoms with van der Waals surface area (Å²) >= 11 is 7.15. The Bertz CT molecular complexity index is 1060. The van der Waals surface area contributed by atoms with Crippen LogP contribution >= 0.6 is 31.9 Å². The lowest BCUT2D eigenvalue weighted by Crippen LogP contribution is -2.18. The molecule has 1 heterocycles. The second-order valence-corrected chi connectivity index (χ2v) is 8.43. The summed E-state index contributed by atoms with van der Waals surface area (Å²) in [5.74, 6) is 0.812. The summed E-state index contributed by atoms with van der Waals surface area (Å²) in [4.78, 5) is 0. The zero-order valence-corrected chi connectivity index (χ0v) is 18.0. The number of aliphatic hydroxyl groups is 1. The predicted molar refractivity (Wildman–Crippen MR) is 118 cm³/mol. The van der Waals surface area contributed by atoms with Crippen LogP contribution in [0.25, 0.3) is 21.8 Å². The number of para-hydroxylation sites is 1. The first-order chi connectivity index (χ1) is 13.1. The molecule has 0 spiro atoms. The minimum atomic E-state index is -0.521. The van der Waals surface area contributed by atoms with E-state index in [2.05, 4.69) is 60.7 Å². The fraction of sp³-hybridized carbons (Fsp3) is 0.182. The number of nitrogens with zero attached hydrogens (tertiary/aromatic N) is 1. The molecule has 138 valence electrons. The molecule has 0 saturated heterocycles. The average molecular weight is 489 g/mol. The first-order valence-corrected chi connectivity index (χ1v) is 10.3. The molecule has 0 aliphatic rings. The summed E-state index contributed by atoms with van der Waals surface area (Å²) in [5.41, 5.74) is 3.24. The smallest absolute Gasteiger partial charge is 0.122 e. The highest BCUT2D eigenvalue weighted by atomic mass is 79.9. The molecule has 27 heavy (non-hydrogen) atoms. The Labute approximate surface area is 174 Å². The van der Waals surface area contributed by atoms with Crippen LogP contribution in [0, 0.1) is 0 Å². The van der Waals surface area contributed by atoms with E-state index < -0.39 is 6.10 Å². The topological polar surface area (TPSA) is 34.4 Å². The van der Waals surface area contributed by atoms with E-state index in [0.29, 0.717) is 13.0 Å². The quantitative estimate of drug-likeness (QED) is 0.377. The number of halogens is 2. The summed E-state index contributed by atoms with van der Waals surface area (Å²) in [6.45, 7) is 0.515. The van der Waals surface area contributed by atoms with Gasteiger partial charge in [0.25, 0.3) is 0 Å². The molecule has 1 atom stereocenters. The summed E-state index contributed by atoms with van der Waals surface area (Å²) in [6, 6.07) is 20.4. The molecule has 0 amide bonds. The summed E-state index contributed by atoms with van der Waals surface area (Å²) < 4.78 is 9.71. The molecule has 0 aliphatic heterocycles. The van der Waals surface area contributed by atoms with Crippen molar-refractivity contribution in [3.8, 4) is 5.75 Å². The van der Waals surface area contributed by atoms with Crippen molar-refractivity contribution < 1.29 is 9.84 Å². The number of fused-ring (bicyclic) bond motifs is 3. The van der Waals surface area contributed by atoms with Gasteiger partial charge < -0.3 is 14.4 Å². The zero-order chi connectivity index (χ0) is 19.0. The van der Waals surface area contributed by atoms with E-state index in [9.17, 15) is 5.11 Å². The fourth-order valence-corrected chi connectivity index (χ4v) is 4.37. The number of rotatable bonds is 5. The van der Waals surface area contributed by atoms with Gasteiger partial charge in [-0.2, -0.15) is 0 Å². The Kier molecular flexibility index (Phi) is 5.26. The number of ether oxygens (including phenoxy) is 1. The van der Waals surface area contributed by atoms with Gasteiger partial charge in [0.05, 0.1) is 13.2 Å². The molecule has 0 saturated carbocycles. The van der Waals surface area contributed by atoms with E-state index >= 15 is 0 Å². The van der Waals surface area contributed by atoms with Gasteiger partial charge in [-0.1, -0.05) is 50.1 Å². The van der Waals surface area contributed by atoms with E-state index in [0.717, 1.165) is 31.3 Å². The van der Waals surface area contributed by atoms with E-state index in [-0.39, 0.29) is 0 Å². The van der Waals surface area contributed by atoms with Crippen LogP contribution < -0.4 is 4.74 Å². The van der Waals surface area contributed by atoms with Gasteiger partial charge in [-0.15, -0.1) is 0 Å². The summed E-state index contributed by atoms with van der Waals surface area (Å²) in [6.07, 6.45) is 0.0190. The molecule has 5 heteroatoms. The Morgan fingerprint density at radius 3 is 2.11 bits per heavy atom. The van der Waals surface area contributed by atoms with Crippen molar-refractivity contribution in [2.24, 2.45) is 0 Å². The third-order valence-electron chi connectivity index (χ3n) is 4.83. The minimum Gasteiger partial charge on any atom is -0.496 e. The molecular weight excluding hydrogens is 470 g/mol. The van der Waals surface area contributed by atoms with Gasteiger partial charge in [0.2, 0.25) is 0 Å². The van der Waals surface area contributed by atoms with Crippen molar-refractivity contribution >= 4 is 53.7 Å². The maximum absolute atomic E-state index is 10.8. The summed E-state index contributed by atoms with van der Waals surface area (Å²) in [5, 5.41) is 13.2. The van der Waals surface area contributed by atoms with Gasteiger partial charge in [0.15, 0.2) is 0 Å². The van der Waals surface area contributed by atoms with Crippen LogP contribution in [0.5, 0.6) is 5.75 Å². The molecular formula is C22H19Br2NO2. The van der Waals surface area contributed by atoms with E-state index in [4.69, 9.17) is 4.74 Å². The number of aliphatic hydroxyl groups excluding tert-OH is 1. The maximum atomic E-state index is 10.8. The van der Waals surface area contributed by atoms with Crippen LogP contribution in [-0.2, 0) is 13.0 Å². The first-order valence-electron chi connectivity index (χ1n) is 8.74. The average Bonchev–Trinajstić information content (AvgIpc) is 2.94. The van der Waals surface area contributed by atoms with Gasteiger partial charge in [-0.3, -0.25) is 0 Å². The van der Waals surface area contributed by atoms with Crippen LogP contribution in [0.1, 0.15) is 5.56 Å². The minimum absolute atomic E-state index is 0.515. The number of methoxy groups -OCH3 is 1. The number of benzene rings is 3. The number of hydrogen-bond acceptors (Lipinski definition) is 2. The van der Waals surface area contributed by atoms with Gasteiger partial charge in [-0.25, -0.2) is 0 Å². The molecule has 4 rings (SSSR count). The van der Waals surface area contributed by atoms with Crippen molar-refractivity contribution in [3.05, 3.63) is 75.2 Å². The highest BCUT2D eigenvalue weighted by Crippen LogP contribution is 2.33. The number of hydrogen-bond donors (Lipinski definition) is 1. The molecule has 1 unspecified atom stereocenters. The Morgan fingerprint density at radius 1 is 0.926 bits per heavy atom. The predicted octanol–water partition coefficient (Wildman–Crippen LogP) is 5.93. The Hall–Kier alpha value is -1.82. The molecule has 1 N–H and O–H groups in total. The molecule has 3 aromatic carbocycles. The normalized spacial score (nSPS) is 12.6. The van der Waals surface area contributed by atoms with Crippen LogP contribution in [-0.4, -0.2) is 22.9 Å². The lowest BCUT2D eigenvalue weighted by Gasteiger charge is -2.16. The fourth-order valence-electron chi connectivity index (χ4n) is 3.65. The van der Waals surface area contributed by atoms with E-state index in [1.165, 1.54) is 10.8 Å². The second kappa shape index (κ2) is 7.66. The van der Waals surface area contributed by atoms with Crippen LogP contribution in [0.15, 0.2) is 69.6 Å². The van der Waals surface area contributed by atoms with Gasteiger partial charge in [-0.05, 0) is 48.0 Å². The van der Waals surface area contributed by atoms with E-state index in [1.807, 2.05) is 36.4 Å². The van der Waals surface area contributed by atoms with Crippen molar-refractivity contribution in [2.75, 3.05) is 7.11 Å². The second-order valence-electron chi connectivity index (χ2n) is 6.60. The van der Waals surface area contributed by atoms with Gasteiger partial charge in [0.1, 0.15) is 5.75 Å². The summed E-state index contributed by atoms with van der Waals surface area (Å²) in [7, 11) is 1.66. The molecule has 0 bridgehead atoms. The molecule has 0 fully saturated rings. The number of aromatic nitrogens is 1. The maximum Gasteiger partial charge on any atom is 0.122 e. The molecule has 0 aliphatic carbocycles. The van der Waals surface area contributed by atoms with Crippen LogP contribution in [0.4, 0.5) is 0 Å². The van der Waals surface area contributed by atoms with Crippen LogP contribution in [0.3, 0.4) is 0 Å². The van der Waals surface area contributed by atoms with Gasteiger partial charge in [0, 0.05) is 43.7 Å². The van der Waals surface area contributed by atoms with Crippen LogP contribution in [0.2, 0.25) is 0 Å². The van der Waals surface area contributed by atoms with Crippen molar-refractivity contribution in [3.63, 3.8) is 0 Å². The lowest BCUT2D eigenvalue weighted by molar-refractivity contribution is 0.156. The largest absolute Gasteiger partial charge is 0.496 e. The SMILES string of the molecule is COc1ccccc1CC(O)Cn1c2ccc(Br)cc2c2cc(Br)ccc21. The molecule has 3 nitrogen and oxygen atoms in total.